The van der Waals surface area contributed by atoms with Gasteiger partial charge in [-0.15, -0.1) is 0 Å². The van der Waals surface area contributed by atoms with Gasteiger partial charge in [0.2, 0.25) is 5.89 Å². The highest BCUT2D eigenvalue weighted by Gasteiger charge is 2.19. The molecule has 0 saturated carbocycles. The predicted octanol–water partition coefficient (Wildman–Crippen LogP) is 3.74. The maximum atomic E-state index is 13.3. The Morgan fingerprint density at radius 2 is 2.05 bits per heavy atom. The minimum atomic E-state index is -0.995. The molecule has 21 heavy (non-hydrogen) atoms. The van der Waals surface area contributed by atoms with Gasteiger partial charge >= 0.3 is 5.97 Å². The average Bonchev–Trinajstić information content (AvgIpc) is 2.74. The minimum Gasteiger partial charge on any atom is -0.437 e. The van der Waals surface area contributed by atoms with Crippen LogP contribution in [0.4, 0.5) is 8.78 Å². The van der Waals surface area contributed by atoms with Gasteiger partial charge in [-0.2, -0.15) is 4.98 Å². The molecule has 0 aliphatic heterocycles. The highest BCUT2D eigenvalue weighted by Crippen LogP contribution is 2.29. The second-order valence-electron chi connectivity index (χ2n) is 5.07. The monoisotopic (exact) mass is 295 g/mol. The van der Waals surface area contributed by atoms with Gasteiger partial charge in [-0.1, -0.05) is 13.8 Å². The van der Waals surface area contributed by atoms with Crippen LogP contribution in [0.2, 0.25) is 0 Å². The van der Waals surface area contributed by atoms with E-state index in [0.717, 1.165) is 12.1 Å². The lowest BCUT2D eigenvalue weighted by Gasteiger charge is -2.02. The molecular weight excluding hydrogens is 280 g/mol. The third kappa shape index (κ3) is 3.65. The van der Waals surface area contributed by atoms with Crippen LogP contribution in [0.25, 0.3) is 11.5 Å². The SMILES string of the molecule is CC(=O)Oc1nc(-c2ccc(F)c(F)c2)oc1CC(C)C. The highest BCUT2D eigenvalue weighted by molar-refractivity contribution is 5.69. The summed E-state index contributed by atoms with van der Waals surface area (Å²) >= 11 is 0. The Balaban J connectivity index is 2.41. The molecule has 2 rings (SSSR count). The van der Waals surface area contributed by atoms with Gasteiger partial charge in [-0.25, -0.2) is 8.78 Å². The molecule has 2 aromatic rings. The number of halogens is 2. The van der Waals surface area contributed by atoms with E-state index in [4.69, 9.17) is 9.15 Å². The zero-order valence-electron chi connectivity index (χ0n) is 11.9. The van der Waals surface area contributed by atoms with Gasteiger partial charge in [0.1, 0.15) is 0 Å². The lowest BCUT2D eigenvalue weighted by Crippen LogP contribution is -2.04. The van der Waals surface area contributed by atoms with Crippen LogP contribution < -0.4 is 4.74 Å². The predicted molar refractivity (Wildman–Crippen MR) is 71.7 cm³/mol. The van der Waals surface area contributed by atoms with Crippen molar-refractivity contribution in [2.75, 3.05) is 0 Å². The Labute approximate surface area is 120 Å². The number of hydrogen-bond donors (Lipinski definition) is 0. The van der Waals surface area contributed by atoms with Crippen LogP contribution in [0.3, 0.4) is 0 Å². The molecular formula is C15H15F2NO3. The molecule has 0 spiro atoms. The van der Waals surface area contributed by atoms with Gasteiger partial charge in [0.05, 0.1) is 0 Å². The van der Waals surface area contributed by atoms with E-state index in [1.807, 2.05) is 13.8 Å². The zero-order valence-corrected chi connectivity index (χ0v) is 11.9. The van der Waals surface area contributed by atoms with Crippen molar-refractivity contribution < 1.29 is 22.7 Å². The summed E-state index contributed by atoms with van der Waals surface area (Å²) in [4.78, 5) is 15.1. The number of nitrogens with zero attached hydrogens (tertiary/aromatic N) is 1. The molecule has 112 valence electrons. The van der Waals surface area contributed by atoms with Crippen LogP contribution in [0, 0.1) is 17.6 Å². The van der Waals surface area contributed by atoms with Crippen LogP contribution in [0.1, 0.15) is 26.5 Å². The summed E-state index contributed by atoms with van der Waals surface area (Å²) in [7, 11) is 0. The van der Waals surface area contributed by atoms with Crippen molar-refractivity contribution in [3.8, 4) is 17.3 Å². The van der Waals surface area contributed by atoms with Crippen molar-refractivity contribution in [3.63, 3.8) is 0 Å². The molecule has 0 radical (unpaired) electrons. The maximum absolute atomic E-state index is 13.3. The topological polar surface area (TPSA) is 52.3 Å². The van der Waals surface area contributed by atoms with Gasteiger partial charge in [-0.05, 0) is 24.1 Å². The molecule has 0 unspecified atom stereocenters. The largest absolute Gasteiger partial charge is 0.437 e. The van der Waals surface area contributed by atoms with Crippen molar-refractivity contribution in [3.05, 3.63) is 35.6 Å². The van der Waals surface area contributed by atoms with Gasteiger partial charge in [0.25, 0.3) is 5.88 Å². The first-order chi connectivity index (χ1) is 9.86. The first kappa shape index (κ1) is 15.2. The quantitative estimate of drug-likeness (QED) is 0.806. The molecule has 0 bridgehead atoms. The van der Waals surface area contributed by atoms with E-state index in [1.165, 1.54) is 13.0 Å². The summed E-state index contributed by atoms with van der Waals surface area (Å²) in [6.07, 6.45) is 0.513. The summed E-state index contributed by atoms with van der Waals surface area (Å²) in [5, 5.41) is 0. The van der Waals surface area contributed by atoms with E-state index >= 15 is 0 Å². The first-order valence-corrected chi connectivity index (χ1v) is 6.50. The fraction of sp³-hybridized carbons (Fsp3) is 0.333. The van der Waals surface area contributed by atoms with Crippen molar-refractivity contribution in [1.29, 1.82) is 0 Å². The van der Waals surface area contributed by atoms with E-state index in [1.54, 1.807) is 0 Å². The van der Waals surface area contributed by atoms with E-state index in [0.29, 0.717) is 12.2 Å². The molecule has 0 amide bonds. The van der Waals surface area contributed by atoms with Crippen molar-refractivity contribution in [2.45, 2.75) is 27.2 Å². The Morgan fingerprint density at radius 1 is 1.33 bits per heavy atom. The number of aromatic nitrogens is 1. The zero-order chi connectivity index (χ0) is 15.6. The molecule has 1 heterocycles. The molecule has 1 aromatic heterocycles. The lowest BCUT2D eigenvalue weighted by molar-refractivity contribution is -0.132. The molecule has 6 heteroatoms. The Hall–Kier alpha value is -2.24. The lowest BCUT2D eigenvalue weighted by atomic mass is 10.1. The number of carbonyl (C=O) groups is 1. The third-order valence-electron chi connectivity index (χ3n) is 2.66. The molecule has 1 aromatic carbocycles. The van der Waals surface area contributed by atoms with E-state index < -0.39 is 17.6 Å². The second kappa shape index (κ2) is 6.03. The van der Waals surface area contributed by atoms with Crippen molar-refractivity contribution in [1.82, 2.24) is 4.98 Å². The molecule has 0 N–H and O–H groups in total. The van der Waals surface area contributed by atoms with Gasteiger partial charge < -0.3 is 9.15 Å². The number of rotatable bonds is 4. The Morgan fingerprint density at radius 3 is 2.62 bits per heavy atom. The molecule has 0 aliphatic rings. The first-order valence-electron chi connectivity index (χ1n) is 6.50. The summed E-state index contributed by atoms with van der Waals surface area (Å²) in [5.74, 6) is -1.66. The van der Waals surface area contributed by atoms with Crippen LogP contribution in [-0.2, 0) is 11.2 Å². The molecule has 0 saturated heterocycles. The third-order valence-corrected chi connectivity index (χ3v) is 2.66. The van der Waals surface area contributed by atoms with Crippen LogP contribution in [0.15, 0.2) is 22.6 Å². The van der Waals surface area contributed by atoms with Crippen LogP contribution >= 0.6 is 0 Å². The highest BCUT2D eigenvalue weighted by atomic mass is 19.2. The Kier molecular flexibility index (Phi) is 4.35. The number of carbonyl (C=O) groups excluding carboxylic acids is 1. The van der Waals surface area contributed by atoms with Crippen LogP contribution in [0.5, 0.6) is 5.88 Å². The molecule has 4 nitrogen and oxygen atoms in total. The normalized spacial score (nSPS) is 11.0. The van der Waals surface area contributed by atoms with Gasteiger partial charge in [0, 0.05) is 18.9 Å². The van der Waals surface area contributed by atoms with E-state index in [2.05, 4.69) is 4.98 Å². The smallest absolute Gasteiger partial charge is 0.309 e. The van der Waals surface area contributed by atoms with Gasteiger partial charge in [0.15, 0.2) is 17.4 Å². The maximum Gasteiger partial charge on any atom is 0.309 e. The molecule has 0 fully saturated rings. The van der Waals surface area contributed by atoms with E-state index in [9.17, 15) is 13.6 Å². The number of ether oxygens (including phenoxy) is 1. The molecule has 0 aliphatic carbocycles. The van der Waals surface area contributed by atoms with Crippen molar-refractivity contribution >= 4 is 5.97 Å². The van der Waals surface area contributed by atoms with E-state index in [-0.39, 0.29) is 23.3 Å². The standard InChI is InChI=1S/C15H15F2NO3/c1-8(2)6-13-15(20-9(3)19)18-14(21-13)10-4-5-11(16)12(17)7-10/h4-5,7-8H,6H2,1-3H3. The number of hydrogen-bond acceptors (Lipinski definition) is 4. The summed E-state index contributed by atoms with van der Waals surface area (Å²) in [5.41, 5.74) is 0.275. The summed E-state index contributed by atoms with van der Waals surface area (Å²) in [6.45, 7) is 5.19. The van der Waals surface area contributed by atoms with Gasteiger partial charge in [-0.3, -0.25) is 4.79 Å². The summed E-state index contributed by atoms with van der Waals surface area (Å²) < 4.78 is 36.7. The Bertz CT molecular complexity index is 665. The number of oxazole rings is 1. The number of benzene rings is 1. The summed E-state index contributed by atoms with van der Waals surface area (Å²) in [6, 6.07) is 3.32. The average molecular weight is 295 g/mol. The fourth-order valence-electron chi connectivity index (χ4n) is 1.81. The van der Waals surface area contributed by atoms with Crippen LogP contribution in [-0.4, -0.2) is 11.0 Å². The minimum absolute atomic E-state index is 0.0657. The van der Waals surface area contributed by atoms with Crippen molar-refractivity contribution in [2.24, 2.45) is 5.92 Å². The number of esters is 1. The fourth-order valence-corrected chi connectivity index (χ4v) is 1.81. The molecule has 0 atom stereocenters. The second-order valence-corrected chi connectivity index (χ2v) is 5.07.